The minimum Gasteiger partial charge on any atom is -0.476 e. The van der Waals surface area contributed by atoms with Gasteiger partial charge in [-0.2, -0.15) is 8.42 Å². The number of amides is 2. The van der Waals surface area contributed by atoms with E-state index in [1.54, 1.807) is 30.3 Å². The minimum atomic E-state index is -3.97. The van der Waals surface area contributed by atoms with E-state index in [1.165, 1.54) is 0 Å². The van der Waals surface area contributed by atoms with Crippen molar-refractivity contribution in [2.75, 3.05) is 12.0 Å². The summed E-state index contributed by atoms with van der Waals surface area (Å²) in [4.78, 5) is 37.1. The number of rotatable bonds is 6. The molecule has 2 aliphatic heterocycles. The largest absolute Gasteiger partial charge is 0.476 e. The normalized spacial score (nSPS) is 22.8. The van der Waals surface area contributed by atoms with E-state index in [0.29, 0.717) is 5.56 Å². The maximum atomic E-state index is 12.4. The number of carbonyl (C=O) groups is 3. The number of thioether (sulfide) groups is 1. The molecule has 10 nitrogen and oxygen atoms in total. The Kier molecular flexibility index (Phi) is 5.37. The van der Waals surface area contributed by atoms with Gasteiger partial charge in [0.05, 0.1) is 12.0 Å². The molecular weight excluding hydrogens is 412 g/mol. The van der Waals surface area contributed by atoms with Gasteiger partial charge in [-0.3, -0.25) is 14.5 Å². The Morgan fingerprint density at radius 2 is 1.96 bits per heavy atom. The molecule has 3 atom stereocenters. The van der Waals surface area contributed by atoms with Crippen LogP contribution in [0.3, 0.4) is 0 Å². The Hall–Kier alpha value is -2.57. The average molecular weight is 428 g/mol. The van der Waals surface area contributed by atoms with Crippen LogP contribution in [-0.2, 0) is 28.7 Å². The lowest BCUT2D eigenvalue weighted by molar-refractivity contribution is -0.152. The van der Waals surface area contributed by atoms with Crippen LogP contribution in [0.5, 0.6) is 0 Å². The Labute approximate surface area is 164 Å². The molecule has 150 valence electrons. The van der Waals surface area contributed by atoms with Gasteiger partial charge in [0.15, 0.2) is 17.6 Å². The predicted molar refractivity (Wildman–Crippen MR) is 97.0 cm³/mol. The molecule has 1 unspecified atom stereocenters. The van der Waals surface area contributed by atoms with Crippen LogP contribution in [0.2, 0.25) is 0 Å². The van der Waals surface area contributed by atoms with Crippen molar-refractivity contribution in [3.63, 3.8) is 0 Å². The highest BCUT2D eigenvalue weighted by atomic mass is 32.2. The molecule has 1 saturated heterocycles. The summed E-state index contributed by atoms with van der Waals surface area (Å²) in [5, 5.41) is 21.2. The lowest BCUT2D eigenvalue weighted by Crippen LogP contribution is -2.70. The molecule has 28 heavy (non-hydrogen) atoms. The van der Waals surface area contributed by atoms with E-state index >= 15 is 0 Å². The number of fused-ring (bicyclic) bond motifs is 1. The van der Waals surface area contributed by atoms with Crippen molar-refractivity contribution in [3.05, 3.63) is 47.4 Å². The van der Waals surface area contributed by atoms with Gasteiger partial charge < -0.3 is 19.7 Å². The summed E-state index contributed by atoms with van der Waals surface area (Å²) in [7, 11) is -3.97. The van der Waals surface area contributed by atoms with Gasteiger partial charge >= 0.3 is 16.1 Å². The van der Waals surface area contributed by atoms with Crippen LogP contribution in [0.1, 0.15) is 11.7 Å². The molecule has 0 aliphatic carbocycles. The number of carboxylic acid groups (broad SMARTS) is 1. The van der Waals surface area contributed by atoms with Crippen LogP contribution in [0.4, 0.5) is 0 Å². The zero-order chi connectivity index (χ0) is 20.6. The third kappa shape index (κ3) is 3.84. The Morgan fingerprint density at radius 3 is 2.54 bits per heavy atom. The van der Waals surface area contributed by atoms with Crippen molar-refractivity contribution in [2.24, 2.45) is 0 Å². The van der Waals surface area contributed by atoms with Crippen molar-refractivity contribution in [1.29, 1.82) is 0 Å². The smallest absolute Gasteiger partial charge is 0.356 e. The van der Waals surface area contributed by atoms with Gasteiger partial charge in [-0.25, -0.2) is 4.79 Å². The number of hydrogen-bond acceptors (Lipinski definition) is 8. The first-order valence-corrected chi connectivity index (χ1v) is 10.8. The number of carbonyl (C=O) groups excluding carboxylic acids is 2. The van der Waals surface area contributed by atoms with E-state index in [4.69, 9.17) is 4.18 Å². The minimum absolute atomic E-state index is 0.114. The molecule has 12 heteroatoms. The van der Waals surface area contributed by atoms with Gasteiger partial charge in [-0.15, -0.1) is 11.8 Å². The number of aliphatic hydroxyl groups is 1. The van der Waals surface area contributed by atoms with Crippen molar-refractivity contribution >= 4 is 39.7 Å². The van der Waals surface area contributed by atoms with E-state index in [2.05, 4.69) is 5.32 Å². The molecule has 0 aromatic heterocycles. The molecule has 2 aliphatic rings. The van der Waals surface area contributed by atoms with Crippen LogP contribution in [0.25, 0.3) is 0 Å². The first kappa shape index (κ1) is 20.2. The standard InChI is InChI=1S/C16H16N2O8S2/c1-28(24,25)26-9-7-27-15-10(14(21)18(15)11(9)16(22)23)17-13(20)12(19)8-5-3-2-4-6-8/h2-6,10,12,15,19H,7H2,1H3,(H,17,20)(H,22,23)/t10?,12-,15-/m1/s1. The van der Waals surface area contributed by atoms with E-state index in [1.807, 2.05) is 0 Å². The Morgan fingerprint density at radius 1 is 1.32 bits per heavy atom. The zero-order valence-corrected chi connectivity index (χ0v) is 16.1. The molecule has 3 rings (SSSR count). The first-order chi connectivity index (χ1) is 13.1. The van der Waals surface area contributed by atoms with Crippen molar-refractivity contribution in [3.8, 4) is 0 Å². The van der Waals surface area contributed by atoms with Gasteiger partial charge in [0.2, 0.25) is 0 Å². The van der Waals surface area contributed by atoms with Gasteiger partial charge in [-0.1, -0.05) is 30.3 Å². The fourth-order valence-electron chi connectivity index (χ4n) is 2.86. The highest BCUT2D eigenvalue weighted by Gasteiger charge is 2.55. The lowest BCUT2D eigenvalue weighted by atomic mass is 10.0. The maximum Gasteiger partial charge on any atom is 0.356 e. The van der Waals surface area contributed by atoms with Crippen LogP contribution in [0.15, 0.2) is 41.8 Å². The molecule has 0 bridgehead atoms. The van der Waals surface area contributed by atoms with E-state index in [9.17, 15) is 33.0 Å². The van der Waals surface area contributed by atoms with Gasteiger partial charge in [0.1, 0.15) is 11.4 Å². The molecule has 2 amide bonds. The number of aliphatic hydroxyl groups excluding tert-OH is 1. The molecule has 0 saturated carbocycles. The molecule has 1 aromatic rings. The maximum absolute atomic E-state index is 12.4. The zero-order valence-electron chi connectivity index (χ0n) is 14.4. The fraction of sp³-hybridized carbons (Fsp3) is 0.312. The van der Waals surface area contributed by atoms with Gasteiger partial charge in [0.25, 0.3) is 11.8 Å². The van der Waals surface area contributed by atoms with E-state index in [0.717, 1.165) is 22.9 Å². The number of β-lactam (4-membered cyclic amide) rings is 1. The van der Waals surface area contributed by atoms with Crippen molar-refractivity contribution < 1.29 is 37.2 Å². The number of aliphatic carboxylic acids is 1. The van der Waals surface area contributed by atoms with Crippen LogP contribution >= 0.6 is 11.8 Å². The number of benzene rings is 1. The second-order valence-electron chi connectivity index (χ2n) is 6.07. The van der Waals surface area contributed by atoms with Crippen LogP contribution < -0.4 is 5.32 Å². The third-order valence-corrected chi connectivity index (χ3v) is 5.81. The van der Waals surface area contributed by atoms with Gasteiger partial charge in [0, 0.05) is 0 Å². The summed E-state index contributed by atoms with van der Waals surface area (Å²) in [5.74, 6) is -3.54. The SMILES string of the molecule is CS(=O)(=O)OC1=C(C(=O)O)N2C(=O)C(NC(=O)[C@H](O)c3ccccc3)[C@H]2SC1. The number of nitrogens with zero attached hydrogens (tertiary/aromatic N) is 1. The molecule has 1 fully saturated rings. The average Bonchev–Trinajstić information content (AvgIpc) is 2.64. The van der Waals surface area contributed by atoms with Crippen LogP contribution in [-0.4, -0.2) is 64.7 Å². The van der Waals surface area contributed by atoms with Crippen molar-refractivity contribution in [2.45, 2.75) is 17.5 Å². The second kappa shape index (κ2) is 7.45. The molecule has 0 radical (unpaired) electrons. The number of carboxylic acids is 1. The van der Waals surface area contributed by atoms with E-state index < -0.39 is 51.1 Å². The summed E-state index contributed by atoms with van der Waals surface area (Å²) in [6.07, 6.45) is -0.724. The second-order valence-corrected chi connectivity index (χ2v) is 8.75. The number of hydrogen-bond donors (Lipinski definition) is 3. The lowest BCUT2D eigenvalue weighted by Gasteiger charge is -2.48. The fourth-order valence-corrected chi connectivity index (χ4v) is 4.69. The summed E-state index contributed by atoms with van der Waals surface area (Å²) in [6, 6.07) is 7.06. The van der Waals surface area contributed by atoms with Crippen molar-refractivity contribution in [1.82, 2.24) is 10.2 Å². The van der Waals surface area contributed by atoms with Crippen LogP contribution in [0, 0.1) is 0 Å². The molecule has 1 aromatic carbocycles. The van der Waals surface area contributed by atoms with E-state index in [-0.39, 0.29) is 11.5 Å². The highest BCUT2D eigenvalue weighted by Crippen LogP contribution is 2.41. The summed E-state index contributed by atoms with van der Waals surface area (Å²) in [6.45, 7) is 0. The molecule has 2 heterocycles. The Bertz CT molecular complexity index is 960. The topological polar surface area (TPSA) is 150 Å². The monoisotopic (exact) mass is 428 g/mol. The molecule has 3 N–H and O–H groups in total. The third-order valence-electron chi connectivity index (χ3n) is 4.05. The quantitative estimate of drug-likeness (QED) is 0.398. The highest BCUT2D eigenvalue weighted by molar-refractivity contribution is 8.00. The summed E-state index contributed by atoms with van der Waals surface area (Å²) < 4.78 is 27.4. The Balaban J connectivity index is 1.77. The molecule has 0 spiro atoms. The summed E-state index contributed by atoms with van der Waals surface area (Å²) in [5.41, 5.74) is -0.233. The van der Waals surface area contributed by atoms with Gasteiger partial charge in [-0.05, 0) is 5.56 Å². The predicted octanol–water partition coefficient (Wildman–Crippen LogP) is -0.608. The molecular formula is C16H16N2O8S2. The number of nitrogens with one attached hydrogen (secondary N) is 1. The summed E-state index contributed by atoms with van der Waals surface area (Å²) >= 11 is 1.04. The first-order valence-electron chi connectivity index (χ1n) is 7.94.